The molecule has 0 spiro atoms. The molecule has 2 rings (SSSR count). The maximum absolute atomic E-state index is 11.8. The van der Waals surface area contributed by atoms with Crippen LogP contribution in [0.1, 0.15) is 32.8 Å². The molecule has 7 heteroatoms. The van der Waals surface area contributed by atoms with Crippen molar-refractivity contribution in [3.8, 4) is 5.75 Å². The summed E-state index contributed by atoms with van der Waals surface area (Å²) in [6, 6.07) is 7.72. The van der Waals surface area contributed by atoms with E-state index in [9.17, 15) is 9.59 Å². The Morgan fingerprint density at radius 2 is 1.81 bits per heavy atom. The van der Waals surface area contributed by atoms with E-state index in [0.29, 0.717) is 32.5 Å². The van der Waals surface area contributed by atoms with Gasteiger partial charge in [-0.15, -0.1) is 0 Å². The van der Waals surface area contributed by atoms with Crippen LogP contribution in [0.3, 0.4) is 0 Å². The third-order valence-electron chi connectivity index (χ3n) is 3.52. The van der Waals surface area contributed by atoms with E-state index >= 15 is 0 Å². The summed E-state index contributed by atoms with van der Waals surface area (Å²) in [5, 5.41) is 5.37. The maximum atomic E-state index is 11.8. The summed E-state index contributed by atoms with van der Waals surface area (Å²) in [5.74, 6) is 0.754. The number of alkyl carbamates (subject to hydrolysis) is 1. The van der Waals surface area contributed by atoms with Crippen LogP contribution in [0.4, 0.5) is 4.79 Å². The molecule has 1 aliphatic heterocycles. The van der Waals surface area contributed by atoms with Crippen molar-refractivity contribution < 1.29 is 23.8 Å². The lowest BCUT2D eigenvalue weighted by atomic mass is 10.1. The van der Waals surface area contributed by atoms with Crippen molar-refractivity contribution in [3.63, 3.8) is 0 Å². The second-order valence-corrected chi connectivity index (χ2v) is 7.19. The fourth-order valence-corrected chi connectivity index (χ4v) is 2.13. The minimum absolute atomic E-state index is 0.0535. The number of rotatable bonds is 9. The highest BCUT2D eigenvalue weighted by molar-refractivity contribution is 5.76. The van der Waals surface area contributed by atoms with E-state index in [0.717, 1.165) is 17.9 Å². The van der Waals surface area contributed by atoms with Gasteiger partial charge in [-0.3, -0.25) is 4.79 Å². The molecule has 0 unspecified atom stereocenters. The van der Waals surface area contributed by atoms with Crippen molar-refractivity contribution in [2.45, 2.75) is 45.3 Å². The lowest BCUT2D eigenvalue weighted by Crippen LogP contribution is -2.37. The molecule has 144 valence electrons. The van der Waals surface area contributed by atoms with Crippen molar-refractivity contribution in [2.24, 2.45) is 0 Å². The third-order valence-corrected chi connectivity index (χ3v) is 3.52. The molecule has 1 heterocycles. The van der Waals surface area contributed by atoms with Gasteiger partial charge in [0.2, 0.25) is 5.91 Å². The van der Waals surface area contributed by atoms with Crippen molar-refractivity contribution in [1.82, 2.24) is 10.6 Å². The number of carbonyl (C=O) groups excluding carboxylic acids is 2. The van der Waals surface area contributed by atoms with Gasteiger partial charge in [-0.2, -0.15) is 0 Å². The average molecular weight is 364 g/mol. The quantitative estimate of drug-likeness (QED) is 0.517. The van der Waals surface area contributed by atoms with Crippen molar-refractivity contribution >= 4 is 12.0 Å². The first-order chi connectivity index (χ1) is 12.3. The summed E-state index contributed by atoms with van der Waals surface area (Å²) in [7, 11) is 0. The van der Waals surface area contributed by atoms with E-state index in [1.807, 2.05) is 24.3 Å². The molecule has 0 bridgehead atoms. The third kappa shape index (κ3) is 8.71. The monoisotopic (exact) mass is 364 g/mol. The second-order valence-electron chi connectivity index (χ2n) is 7.19. The van der Waals surface area contributed by atoms with Gasteiger partial charge >= 0.3 is 6.09 Å². The number of hydrogen-bond donors (Lipinski definition) is 2. The van der Waals surface area contributed by atoms with E-state index in [-0.39, 0.29) is 12.0 Å². The standard InChI is InChI=1S/C19H28N2O5/c1-19(2,3)26-18(23)21-11-10-20-17(22)9-6-14-4-7-15(8-5-14)24-12-16-13-25-16/h4-5,7-8,16H,6,9-13H2,1-3H3,(H,20,22)(H,21,23)/t16-/m1/s1. The van der Waals surface area contributed by atoms with Crippen LogP contribution >= 0.6 is 0 Å². The molecular formula is C19H28N2O5. The zero-order valence-corrected chi connectivity index (χ0v) is 15.7. The number of ether oxygens (including phenoxy) is 3. The Morgan fingerprint density at radius 1 is 1.15 bits per heavy atom. The molecule has 1 aromatic rings. The molecule has 0 radical (unpaired) electrons. The van der Waals surface area contributed by atoms with E-state index in [2.05, 4.69) is 10.6 Å². The van der Waals surface area contributed by atoms with Crippen LogP contribution in [0.2, 0.25) is 0 Å². The Kier molecular flexibility index (Phi) is 7.26. The van der Waals surface area contributed by atoms with E-state index in [4.69, 9.17) is 14.2 Å². The number of hydrogen-bond acceptors (Lipinski definition) is 5. The molecule has 0 saturated carbocycles. The Hall–Kier alpha value is -2.28. The summed E-state index contributed by atoms with van der Waals surface area (Å²) in [4.78, 5) is 23.3. The van der Waals surface area contributed by atoms with Gasteiger partial charge in [0.25, 0.3) is 0 Å². The predicted molar refractivity (Wildman–Crippen MR) is 97.2 cm³/mol. The lowest BCUT2D eigenvalue weighted by molar-refractivity contribution is -0.121. The Morgan fingerprint density at radius 3 is 2.42 bits per heavy atom. The molecule has 1 aromatic carbocycles. The van der Waals surface area contributed by atoms with Crippen LogP contribution in [0.25, 0.3) is 0 Å². The summed E-state index contributed by atoms with van der Waals surface area (Å²) < 4.78 is 15.8. The fraction of sp³-hybridized carbons (Fsp3) is 0.579. The van der Waals surface area contributed by atoms with Crippen LogP contribution < -0.4 is 15.4 Å². The molecule has 1 atom stereocenters. The number of epoxide rings is 1. The molecular weight excluding hydrogens is 336 g/mol. The number of nitrogens with one attached hydrogen (secondary N) is 2. The number of benzene rings is 1. The zero-order valence-electron chi connectivity index (χ0n) is 15.7. The van der Waals surface area contributed by atoms with Crippen LogP contribution in [-0.4, -0.2) is 50.0 Å². The lowest BCUT2D eigenvalue weighted by Gasteiger charge is -2.19. The summed E-state index contributed by atoms with van der Waals surface area (Å²) in [5.41, 5.74) is 0.543. The van der Waals surface area contributed by atoms with Crippen LogP contribution in [-0.2, 0) is 20.7 Å². The first-order valence-electron chi connectivity index (χ1n) is 8.89. The topological polar surface area (TPSA) is 89.2 Å². The molecule has 26 heavy (non-hydrogen) atoms. The molecule has 1 saturated heterocycles. The molecule has 0 aliphatic carbocycles. The van der Waals surface area contributed by atoms with Crippen molar-refractivity contribution in [3.05, 3.63) is 29.8 Å². The Labute approximate surface area is 154 Å². The van der Waals surface area contributed by atoms with Gasteiger partial charge in [0.05, 0.1) is 6.61 Å². The predicted octanol–water partition coefficient (Wildman–Crippen LogP) is 2.04. The summed E-state index contributed by atoms with van der Waals surface area (Å²) >= 11 is 0. The Balaban J connectivity index is 1.55. The van der Waals surface area contributed by atoms with Gasteiger partial charge < -0.3 is 24.8 Å². The van der Waals surface area contributed by atoms with Gasteiger partial charge in [0.1, 0.15) is 24.1 Å². The highest BCUT2D eigenvalue weighted by Crippen LogP contribution is 2.16. The average Bonchev–Trinajstić information content (AvgIpc) is 3.39. The van der Waals surface area contributed by atoms with Gasteiger partial charge in [0, 0.05) is 19.5 Å². The second kappa shape index (κ2) is 9.43. The zero-order chi connectivity index (χ0) is 19.0. The number of amides is 2. The molecule has 2 amide bonds. The van der Waals surface area contributed by atoms with Crippen molar-refractivity contribution in [1.29, 1.82) is 0 Å². The van der Waals surface area contributed by atoms with Crippen LogP contribution in [0, 0.1) is 0 Å². The molecule has 2 N–H and O–H groups in total. The van der Waals surface area contributed by atoms with Gasteiger partial charge in [-0.25, -0.2) is 4.79 Å². The van der Waals surface area contributed by atoms with Crippen LogP contribution in [0.15, 0.2) is 24.3 Å². The molecule has 7 nitrogen and oxygen atoms in total. The van der Waals surface area contributed by atoms with Crippen LogP contribution in [0.5, 0.6) is 5.75 Å². The van der Waals surface area contributed by atoms with E-state index < -0.39 is 11.7 Å². The largest absolute Gasteiger partial charge is 0.491 e. The maximum Gasteiger partial charge on any atom is 0.407 e. The van der Waals surface area contributed by atoms with Gasteiger partial charge in [-0.1, -0.05) is 12.1 Å². The van der Waals surface area contributed by atoms with Gasteiger partial charge in [-0.05, 0) is 44.9 Å². The van der Waals surface area contributed by atoms with E-state index in [1.165, 1.54) is 0 Å². The first kappa shape index (κ1) is 20.0. The Bertz CT molecular complexity index is 591. The number of aryl methyl sites for hydroxylation is 1. The smallest absolute Gasteiger partial charge is 0.407 e. The molecule has 1 aliphatic rings. The first-order valence-corrected chi connectivity index (χ1v) is 8.89. The summed E-state index contributed by atoms with van der Waals surface area (Å²) in [6.07, 6.45) is 0.797. The fourth-order valence-electron chi connectivity index (χ4n) is 2.13. The molecule has 1 fully saturated rings. The molecule has 0 aromatic heterocycles. The summed E-state index contributed by atoms with van der Waals surface area (Å²) in [6.45, 7) is 7.46. The van der Waals surface area contributed by atoms with E-state index in [1.54, 1.807) is 20.8 Å². The SMILES string of the molecule is CC(C)(C)OC(=O)NCCNC(=O)CCc1ccc(OC[C@@H]2CO2)cc1. The minimum atomic E-state index is -0.528. The minimum Gasteiger partial charge on any atom is -0.491 e. The van der Waals surface area contributed by atoms with Crippen molar-refractivity contribution in [2.75, 3.05) is 26.3 Å². The number of carbonyl (C=O) groups is 2. The van der Waals surface area contributed by atoms with Gasteiger partial charge in [0.15, 0.2) is 0 Å². The highest BCUT2D eigenvalue weighted by Gasteiger charge is 2.22. The normalized spacial score (nSPS) is 15.9. The highest BCUT2D eigenvalue weighted by atomic mass is 16.6.